The van der Waals surface area contributed by atoms with Crippen LogP contribution in [0.2, 0.25) is 0 Å². The number of anilines is 1. The van der Waals surface area contributed by atoms with Crippen molar-refractivity contribution in [2.45, 2.75) is 69.9 Å². The standard InChI is InChI=1S/C25H38F3N7O4S/c1-24(2,36)17-34-15-18(13-30-34)22-21(25(26,27)28)14-29-23(32-22)31-19-5-10-35(11-6-19)40(37,38)12-4-8-33-9-7-20(33)16-39-3/h13-15,19-20,36H,4-12,16-17H2,1-3H3,(H,29,31,32)/t20-/m0/s1. The maximum atomic E-state index is 13.7. The quantitative estimate of drug-likeness (QED) is 0.384. The molecule has 0 aliphatic carbocycles. The molecule has 1 atom stereocenters. The minimum atomic E-state index is -4.67. The Labute approximate surface area is 232 Å². The Bertz CT molecular complexity index is 1240. The number of likely N-dealkylation sites (tertiary alicyclic amines) is 1. The van der Waals surface area contributed by atoms with Crippen LogP contribution >= 0.6 is 0 Å². The fourth-order valence-corrected chi connectivity index (χ4v) is 6.58. The average Bonchev–Trinajstić information content (AvgIpc) is 3.31. The molecule has 2 aromatic heterocycles. The van der Waals surface area contributed by atoms with E-state index in [1.807, 2.05) is 0 Å². The Balaban J connectivity index is 1.35. The monoisotopic (exact) mass is 589 g/mol. The van der Waals surface area contributed by atoms with Crippen LogP contribution in [0.3, 0.4) is 0 Å². The van der Waals surface area contributed by atoms with E-state index in [9.17, 15) is 26.7 Å². The molecule has 2 fully saturated rings. The molecule has 0 unspecified atom stereocenters. The fraction of sp³-hybridized carbons (Fsp3) is 0.720. The third-order valence-corrected chi connectivity index (χ3v) is 9.16. The summed E-state index contributed by atoms with van der Waals surface area (Å²) in [6, 6.07) is 0.177. The number of hydrogen-bond donors (Lipinski definition) is 2. The number of sulfonamides is 1. The molecule has 0 saturated carbocycles. The van der Waals surface area contributed by atoms with Crippen molar-refractivity contribution in [2.24, 2.45) is 0 Å². The summed E-state index contributed by atoms with van der Waals surface area (Å²) in [5, 5.41) is 17.2. The first-order chi connectivity index (χ1) is 18.7. The second-order valence-corrected chi connectivity index (χ2v) is 13.2. The van der Waals surface area contributed by atoms with Crippen LogP contribution in [0, 0.1) is 0 Å². The Kier molecular flexibility index (Phi) is 9.39. The van der Waals surface area contributed by atoms with Gasteiger partial charge in [0.1, 0.15) is 5.56 Å². The van der Waals surface area contributed by atoms with E-state index < -0.39 is 27.4 Å². The number of nitrogens with one attached hydrogen (secondary N) is 1. The summed E-state index contributed by atoms with van der Waals surface area (Å²) in [5.41, 5.74) is -2.26. The molecule has 2 saturated heterocycles. The van der Waals surface area contributed by atoms with Crippen molar-refractivity contribution in [3.63, 3.8) is 0 Å². The van der Waals surface area contributed by atoms with Gasteiger partial charge in [0, 0.05) is 56.8 Å². The maximum absolute atomic E-state index is 13.7. The molecule has 15 heteroatoms. The Morgan fingerprint density at radius 2 is 1.88 bits per heavy atom. The average molecular weight is 590 g/mol. The molecule has 0 radical (unpaired) electrons. The SMILES string of the molecule is COC[C@@H]1CCN1CCCS(=O)(=O)N1CCC(Nc2ncc(C(F)(F)F)c(-c3cnn(CC(C)(C)O)c3)n2)CC1. The van der Waals surface area contributed by atoms with Crippen LogP contribution < -0.4 is 5.32 Å². The Morgan fingerprint density at radius 3 is 2.48 bits per heavy atom. The van der Waals surface area contributed by atoms with Gasteiger partial charge in [0.25, 0.3) is 0 Å². The Morgan fingerprint density at radius 1 is 1.15 bits per heavy atom. The first kappa shape index (κ1) is 30.6. The van der Waals surface area contributed by atoms with Crippen LogP contribution in [-0.4, -0.2) is 106 Å². The van der Waals surface area contributed by atoms with E-state index in [-0.39, 0.29) is 35.5 Å². The number of aliphatic hydroxyl groups is 1. The van der Waals surface area contributed by atoms with Gasteiger partial charge in [-0.05, 0) is 46.1 Å². The number of aromatic nitrogens is 4. The zero-order valence-electron chi connectivity index (χ0n) is 23.1. The molecular formula is C25H38F3N7O4S. The summed E-state index contributed by atoms with van der Waals surface area (Å²) in [7, 11) is -1.74. The lowest BCUT2D eigenvalue weighted by molar-refractivity contribution is -0.137. The summed E-state index contributed by atoms with van der Waals surface area (Å²) < 4.78 is 75.0. The molecule has 0 bridgehead atoms. The van der Waals surface area contributed by atoms with Crippen molar-refractivity contribution in [3.05, 3.63) is 24.2 Å². The van der Waals surface area contributed by atoms with E-state index >= 15 is 0 Å². The molecule has 2 aliphatic rings. The summed E-state index contributed by atoms with van der Waals surface area (Å²) in [6.45, 7) is 6.20. The highest BCUT2D eigenvalue weighted by Crippen LogP contribution is 2.36. The van der Waals surface area contributed by atoms with Gasteiger partial charge in [0.15, 0.2) is 0 Å². The lowest BCUT2D eigenvalue weighted by atomic mass is 10.0. The van der Waals surface area contributed by atoms with Crippen LogP contribution in [-0.2, 0) is 27.5 Å². The van der Waals surface area contributed by atoms with Crippen LogP contribution in [0.5, 0.6) is 0 Å². The number of halogens is 3. The largest absolute Gasteiger partial charge is 0.419 e. The van der Waals surface area contributed by atoms with E-state index in [2.05, 4.69) is 25.3 Å². The molecule has 40 heavy (non-hydrogen) atoms. The third kappa shape index (κ3) is 7.90. The van der Waals surface area contributed by atoms with Crippen molar-refractivity contribution < 1.29 is 31.4 Å². The lowest BCUT2D eigenvalue weighted by Crippen LogP contribution is -2.51. The fourth-order valence-electron chi connectivity index (χ4n) is 5.06. The second-order valence-electron chi connectivity index (χ2n) is 11.1. The normalized spacial score (nSPS) is 20.0. The van der Waals surface area contributed by atoms with Gasteiger partial charge in [-0.15, -0.1) is 0 Å². The summed E-state index contributed by atoms with van der Waals surface area (Å²) in [5.74, 6) is 0.105. The molecular weight excluding hydrogens is 551 g/mol. The van der Waals surface area contributed by atoms with Crippen molar-refractivity contribution in [1.29, 1.82) is 0 Å². The predicted octanol–water partition coefficient (Wildman–Crippen LogP) is 2.45. The Hall–Kier alpha value is -2.33. The topological polar surface area (TPSA) is 126 Å². The minimum Gasteiger partial charge on any atom is -0.389 e. The molecule has 11 nitrogen and oxygen atoms in total. The highest BCUT2D eigenvalue weighted by atomic mass is 32.2. The van der Waals surface area contributed by atoms with Gasteiger partial charge in [-0.3, -0.25) is 9.58 Å². The minimum absolute atomic E-state index is 0.0275. The van der Waals surface area contributed by atoms with Gasteiger partial charge in [-0.25, -0.2) is 22.7 Å². The number of piperidine rings is 1. The lowest BCUT2D eigenvalue weighted by Gasteiger charge is -2.40. The van der Waals surface area contributed by atoms with E-state index in [0.29, 0.717) is 45.0 Å². The number of ether oxygens (including phenoxy) is 1. The number of nitrogens with zero attached hydrogens (tertiary/aromatic N) is 6. The zero-order chi connectivity index (χ0) is 29.1. The van der Waals surface area contributed by atoms with E-state index in [0.717, 1.165) is 25.7 Å². The van der Waals surface area contributed by atoms with Gasteiger partial charge < -0.3 is 15.2 Å². The van der Waals surface area contributed by atoms with Gasteiger partial charge >= 0.3 is 6.18 Å². The highest BCUT2D eigenvalue weighted by molar-refractivity contribution is 7.89. The van der Waals surface area contributed by atoms with Gasteiger partial charge in [-0.2, -0.15) is 18.3 Å². The predicted molar refractivity (Wildman–Crippen MR) is 143 cm³/mol. The van der Waals surface area contributed by atoms with Crippen LogP contribution in [0.25, 0.3) is 11.3 Å². The smallest absolute Gasteiger partial charge is 0.389 e. The zero-order valence-corrected chi connectivity index (χ0v) is 23.9. The molecule has 2 aromatic rings. The van der Waals surface area contributed by atoms with Crippen LogP contribution in [0.4, 0.5) is 19.1 Å². The summed E-state index contributed by atoms with van der Waals surface area (Å²) >= 11 is 0. The summed E-state index contributed by atoms with van der Waals surface area (Å²) in [4.78, 5) is 10.3. The molecule has 0 spiro atoms. The molecule has 2 N–H and O–H groups in total. The van der Waals surface area contributed by atoms with Crippen LogP contribution in [0.1, 0.15) is 45.1 Å². The molecule has 0 aromatic carbocycles. The van der Waals surface area contributed by atoms with Gasteiger partial charge in [0.2, 0.25) is 16.0 Å². The highest BCUT2D eigenvalue weighted by Gasteiger charge is 2.36. The number of rotatable bonds is 12. The summed E-state index contributed by atoms with van der Waals surface area (Å²) in [6.07, 6.45) is 1.32. The van der Waals surface area contributed by atoms with Crippen molar-refractivity contribution in [3.8, 4) is 11.3 Å². The molecule has 4 rings (SSSR count). The van der Waals surface area contributed by atoms with Crippen LogP contribution in [0.15, 0.2) is 18.6 Å². The molecule has 2 aliphatic heterocycles. The van der Waals surface area contributed by atoms with Crippen molar-refractivity contribution in [1.82, 2.24) is 29.0 Å². The van der Waals surface area contributed by atoms with Gasteiger partial charge in [0.05, 0.1) is 36.4 Å². The molecule has 4 heterocycles. The van der Waals surface area contributed by atoms with Crippen molar-refractivity contribution in [2.75, 3.05) is 51.0 Å². The number of methoxy groups -OCH3 is 1. The van der Waals surface area contributed by atoms with E-state index in [4.69, 9.17) is 4.74 Å². The first-order valence-electron chi connectivity index (χ1n) is 13.4. The first-order valence-corrected chi connectivity index (χ1v) is 15.0. The molecule has 0 amide bonds. The third-order valence-electron chi connectivity index (χ3n) is 7.20. The van der Waals surface area contributed by atoms with Gasteiger partial charge in [-0.1, -0.05) is 0 Å². The maximum Gasteiger partial charge on any atom is 0.419 e. The number of hydrogen-bond acceptors (Lipinski definition) is 9. The van der Waals surface area contributed by atoms with E-state index in [1.165, 1.54) is 21.4 Å². The number of alkyl halides is 3. The van der Waals surface area contributed by atoms with E-state index in [1.54, 1.807) is 21.0 Å². The van der Waals surface area contributed by atoms with Crippen molar-refractivity contribution >= 4 is 16.0 Å². The second kappa shape index (κ2) is 12.3. The molecule has 224 valence electrons.